The molecule has 0 saturated carbocycles. The van der Waals surface area contributed by atoms with Crippen LogP contribution in [-0.4, -0.2) is 30.1 Å². The molecule has 0 aromatic carbocycles. The van der Waals surface area contributed by atoms with Gasteiger partial charge in [0.1, 0.15) is 0 Å². The van der Waals surface area contributed by atoms with Gasteiger partial charge in [-0.15, -0.1) is 11.3 Å². The summed E-state index contributed by atoms with van der Waals surface area (Å²) in [6.07, 6.45) is 4.04. The maximum Gasteiger partial charge on any atom is 0.0334 e. The molecule has 2 heterocycles. The van der Waals surface area contributed by atoms with Crippen LogP contribution >= 0.6 is 11.3 Å². The summed E-state index contributed by atoms with van der Waals surface area (Å²) in [7, 11) is 0. The van der Waals surface area contributed by atoms with Gasteiger partial charge >= 0.3 is 0 Å². The van der Waals surface area contributed by atoms with Gasteiger partial charge in [-0.1, -0.05) is 12.5 Å². The van der Waals surface area contributed by atoms with E-state index in [0.717, 1.165) is 13.1 Å². The maximum atomic E-state index is 3.57. The lowest BCUT2D eigenvalue weighted by molar-refractivity contribution is 0.138. The highest BCUT2D eigenvalue weighted by Gasteiger charge is 2.22. The predicted molar refractivity (Wildman–Crippen MR) is 75.5 cm³/mol. The summed E-state index contributed by atoms with van der Waals surface area (Å²) in [5, 5.41) is 5.75. The van der Waals surface area contributed by atoms with Gasteiger partial charge in [-0.05, 0) is 44.7 Å². The molecular formula is C14H24N2S. The molecule has 1 aromatic heterocycles. The van der Waals surface area contributed by atoms with Crippen LogP contribution in [0.15, 0.2) is 17.5 Å². The van der Waals surface area contributed by atoms with E-state index >= 15 is 0 Å². The molecule has 1 aromatic rings. The lowest BCUT2D eigenvalue weighted by atomic mass is 10.1. The third-order valence-electron chi connectivity index (χ3n) is 3.57. The molecule has 17 heavy (non-hydrogen) atoms. The first-order valence-corrected chi connectivity index (χ1v) is 7.64. The smallest absolute Gasteiger partial charge is 0.0334 e. The van der Waals surface area contributed by atoms with Gasteiger partial charge in [0.25, 0.3) is 0 Å². The minimum Gasteiger partial charge on any atom is -0.315 e. The molecule has 2 rings (SSSR count). The summed E-state index contributed by atoms with van der Waals surface area (Å²) >= 11 is 1.88. The Labute approximate surface area is 109 Å². The fraction of sp³-hybridized carbons (Fsp3) is 0.714. The van der Waals surface area contributed by atoms with E-state index in [9.17, 15) is 0 Å². The molecule has 0 aliphatic carbocycles. The van der Waals surface area contributed by atoms with Crippen molar-refractivity contribution in [2.45, 2.75) is 51.7 Å². The number of nitrogens with zero attached hydrogens (tertiary/aromatic N) is 1. The highest BCUT2D eigenvalue weighted by molar-refractivity contribution is 7.09. The molecule has 1 atom stereocenters. The summed E-state index contributed by atoms with van der Waals surface area (Å²) in [6, 6.07) is 5.75. The van der Waals surface area contributed by atoms with Crippen LogP contribution < -0.4 is 5.32 Å². The molecule has 1 unspecified atom stereocenters. The average Bonchev–Trinajstić information content (AvgIpc) is 2.67. The van der Waals surface area contributed by atoms with Gasteiger partial charge in [-0.25, -0.2) is 0 Å². The van der Waals surface area contributed by atoms with Crippen molar-refractivity contribution in [1.29, 1.82) is 0 Å². The predicted octanol–water partition coefficient (Wildman–Crippen LogP) is 3.10. The third kappa shape index (κ3) is 3.80. The molecule has 0 spiro atoms. The second kappa shape index (κ2) is 6.53. The number of hydrogen-bond donors (Lipinski definition) is 1. The minimum atomic E-state index is 0.627. The van der Waals surface area contributed by atoms with E-state index < -0.39 is 0 Å². The molecule has 1 saturated heterocycles. The van der Waals surface area contributed by atoms with Crippen molar-refractivity contribution in [1.82, 2.24) is 10.2 Å². The standard InChI is InChI=1S/C14H24N2S/c1-12(2)16(11-14-7-5-9-17-14)13-6-3-4-8-15-10-13/h5,7,9,12-13,15H,3-4,6,8,10-11H2,1-2H3. The van der Waals surface area contributed by atoms with Crippen LogP contribution in [0, 0.1) is 0 Å². The van der Waals surface area contributed by atoms with Crippen LogP contribution in [-0.2, 0) is 6.54 Å². The Balaban J connectivity index is 2.00. The Hall–Kier alpha value is -0.380. The van der Waals surface area contributed by atoms with E-state index in [1.807, 2.05) is 11.3 Å². The van der Waals surface area contributed by atoms with Crippen LogP contribution in [0.1, 0.15) is 38.0 Å². The summed E-state index contributed by atoms with van der Waals surface area (Å²) in [4.78, 5) is 4.15. The fourth-order valence-corrected chi connectivity index (χ4v) is 3.31. The number of nitrogens with one attached hydrogen (secondary N) is 1. The van der Waals surface area contributed by atoms with E-state index in [1.165, 1.54) is 30.7 Å². The van der Waals surface area contributed by atoms with Gasteiger partial charge in [0.05, 0.1) is 0 Å². The van der Waals surface area contributed by atoms with Crippen molar-refractivity contribution in [3.05, 3.63) is 22.4 Å². The minimum absolute atomic E-state index is 0.627. The van der Waals surface area contributed by atoms with E-state index in [0.29, 0.717) is 12.1 Å². The maximum absolute atomic E-state index is 3.57. The first-order valence-electron chi connectivity index (χ1n) is 6.76. The van der Waals surface area contributed by atoms with Crippen molar-refractivity contribution < 1.29 is 0 Å². The Morgan fingerprint density at radius 1 is 1.47 bits per heavy atom. The lowest BCUT2D eigenvalue weighted by Crippen LogP contribution is -2.44. The number of thiophene rings is 1. The Kier molecular flexibility index (Phi) is 5.01. The zero-order valence-electron chi connectivity index (χ0n) is 11.0. The number of hydrogen-bond acceptors (Lipinski definition) is 3. The normalized spacial score (nSPS) is 22.0. The summed E-state index contributed by atoms with van der Waals surface area (Å²) in [6.45, 7) is 8.10. The van der Waals surface area contributed by atoms with E-state index in [-0.39, 0.29) is 0 Å². The molecule has 1 fully saturated rings. The fourth-order valence-electron chi connectivity index (χ4n) is 2.60. The largest absolute Gasteiger partial charge is 0.315 e. The molecule has 1 aliphatic heterocycles. The number of rotatable bonds is 4. The van der Waals surface area contributed by atoms with Crippen molar-refractivity contribution in [3.63, 3.8) is 0 Å². The van der Waals surface area contributed by atoms with Crippen LogP contribution in [0.2, 0.25) is 0 Å². The van der Waals surface area contributed by atoms with Gasteiger partial charge in [0.15, 0.2) is 0 Å². The highest BCUT2D eigenvalue weighted by atomic mass is 32.1. The van der Waals surface area contributed by atoms with E-state index in [2.05, 4.69) is 41.6 Å². The average molecular weight is 252 g/mol. The van der Waals surface area contributed by atoms with Crippen molar-refractivity contribution in [3.8, 4) is 0 Å². The topological polar surface area (TPSA) is 15.3 Å². The molecule has 0 bridgehead atoms. The van der Waals surface area contributed by atoms with Gasteiger partial charge < -0.3 is 5.32 Å². The van der Waals surface area contributed by atoms with Crippen LogP contribution in [0.25, 0.3) is 0 Å². The molecule has 0 radical (unpaired) electrons. The van der Waals surface area contributed by atoms with Crippen molar-refractivity contribution in [2.24, 2.45) is 0 Å². The Morgan fingerprint density at radius 2 is 2.35 bits per heavy atom. The summed E-state index contributed by atoms with van der Waals surface area (Å²) < 4.78 is 0. The first-order chi connectivity index (χ1) is 8.27. The van der Waals surface area contributed by atoms with Crippen LogP contribution in [0.3, 0.4) is 0 Å². The highest BCUT2D eigenvalue weighted by Crippen LogP contribution is 2.20. The van der Waals surface area contributed by atoms with Gasteiger partial charge in [0, 0.05) is 30.1 Å². The monoisotopic (exact) mass is 252 g/mol. The lowest BCUT2D eigenvalue weighted by Gasteiger charge is -2.34. The van der Waals surface area contributed by atoms with Gasteiger partial charge in [0.2, 0.25) is 0 Å². The van der Waals surface area contributed by atoms with E-state index in [4.69, 9.17) is 0 Å². The zero-order chi connectivity index (χ0) is 12.1. The Morgan fingerprint density at radius 3 is 3.06 bits per heavy atom. The third-order valence-corrected chi connectivity index (χ3v) is 4.43. The second-order valence-electron chi connectivity index (χ2n) is 5.20. The Bertz CT molecular complexity index is 300. The second-order valence-corrected chi connectivity index (χ2v) is 6.23. The van der Waals surface area contributed by atoms with Crippen LogP contribution in [0.5, 0.6) is 0 Å². The molecule has 1 N–H and O–H groups in total. The first kappa shape index (κ1) is 13.1. The zero-order valence-corrected chi connectivity index (χ0v) is 11.8. The quantitative estimate of drug-likeness (QED) is 0.886. The SMILES string of the molecule is CC(C)N(Cc1cccs1)C1CCCCNC1. The molecule has 2 nitrogen and oxygen atoms in total. The summed E-state index contributed by atoms with van der Waals surface area (Å²) in [5.41, 5.74) is 0. The molecule has 96 valence electrons. The van der Waals surface area contributed by atoms with Gasteiger partial charge in [-0.3, -0.25) is 4.90 Å². The van der Waals surface area contributed by atoms with Crippen molar-refractivity contribution in [2.75, 3.05) is 13.1 Å². The molecule has 0 amide bonds. The summed E-state index contributed by atoms with van der Waals surface area (Å²) in [5.74, 6) is 0. The van der Waals surface area contributed by atoms with Crippen molar-refractivity contribution >= 4 is 11.3 Å². The van der Waals surface area contributed by atoms with Gasteiger partial charge in [-0.2, -0.15) is 0 Å². The molecule has 1 aliphatic rings. The molecule has 3 heteroatoms. The van der Waals surface area contributed by atoms with Crippen LogP contribution in [0.4, 0.5) is 0 Å². The van der Waals surface area contributed by atoms with E-state index in [1.54, 1.807) is 0 Å². The molecular weight excluding hydrogens is 228 g/mol.